The van der Waals surface area contributed by atoms with Gasteiger partial charge in [-0.2, -0.15) is 0 Å². The van der Waals surface area contributed by atoms with Crippen LogP contribution in [0.25, 0.3) is 0 Å². The Balaban J connectivity index is 1.20. The molecule has 218 valence electrons. The number of nitrogens with zero attached hydrogens (tertiary/aromatic N) is 2. The quantitative estimate of drug-likeness (QED) is 0.493. The molecule has 2 aliphatic heterocycles. The maximum absolute atomic E-state index is 13.4. The number of amides is 3. The van der Waals surface area contributed by atoms with E-state index in [-0.39, 0.29) is 42.5 Å². The number of carbonyl (C=O) groups excluding carboxylic acids is 3. The summed E-state index contributed by atoms with van der Waals surface area (Å²) < 4.78 is 10.8. The van der Waals surface area contributed by atoms with Crippen LogP contribution in [-0.2, 0) is 4.79 Å². The van der Waals surface area contributed by atoms with Gasteiger partial charge in [0.2, 0.25) is 12.7 Å². The molecule has 0 aromatic heterocycles. The third-order valence-electron chi connectivity index (χ3n) is 8.89. The second-order valence-corrected chi connectivity index (χ2v) is 11.6. The van der Waals surface area contributed by atoms with E-state index in [1.54, 1.807) is 24.3 Å². The Kier molecular flexibility index (Phi) is 8.00. The molecule has 0 atom stereocenters. The van der Waals surface area contributed by atoms with E-state index in [1.807, 2.05) is 17.0 Å². The van der Waals surface area contributed by atoms with Crippen LogP contribution in [0.15, 0.2) is 36.4 Å². The van der Waals surface area contributed by atoms with Gasteiger partial charge in [-0.3, -0.25) is 14.4 Å². The Labute approximate surface area is 240 Å². The molecule has 41 heavy (non-hydrogen) atoms. The normalized spacial score (nSPS) is 22.5. The Morgan fingerprint density at radius 3 is 2.22 bits per heavy atom. The monoisotopic (exact) mass is 561 g/mol. The molecule has 3 fully saturated rings. The highest BCUT2D eigenvalue weighted by molar-refractivity contribution is 6.07. The van der Waals surface area contributed by atoms with Crippen LogP contribution < -0.4 is 30.7 Å². The van der Waals surface area contributed by atoms with Gasteiger partial charge in [-0.15, -0.1) is 0 Å². The molecule has 2 aliphatic carbocycles. The zero-order valence-electron chi connectivity index (χ0n) is 23.4. The Morgan fingerprint density at radius 1 is 0.780 bits per heavy atom. The SMILES string of the molecule is NC1CCC(NC(=O)c2ccc(N3CCN(C(=O)C4CCCC4)CC3)c(NC(=O)c3ccc4c(c3)OCO4)c2)CC1. The van der Waals surface area contributed by atoms with E-state index in [9.17, 15) is 14.4 Å². The van der Waals surface area contributed by atoms with Gasteiger partial charge < -0.3 is 35.6 Å². The molecule has 4 aliphatic rings. The summed E-state index contributed by atoms with van der Waals surface area (Å²) in [4.78, 5) is 43.7. The van der Waals surface area contributed by atoms with Crippen molar-refractivity contribution < 1.29 is 23.9 Å². The molecule has 2 heterocycles. The van der Waals surface area contributed by atoms with Crippen LogP contribution in [0.5, 0.6) is 11.5 Å². The van der Waals surface area contributed by atoms with E-state index in [2.05, 4.69) is 15.5 Å². The number of carbonyl (C=O) groups is 3. The highest BCUT2D eigenvalue weighted by Crippen LogP contribution is 2.34. The number of piperazine rings is 1. The van der Waals surface area contributed by atoms with Crippen molar-refractivity contribution in [3.8, 4) is 11.5 Å². The molecule has 4 N–H and O–H groups in total. The van der Waals surface area contributed by atoms with Crippen LogP contribution in [0.3, 0.4) is 0 Å². The first-order chi connectivity index (χ1) is 19.9. The third kappa shape index (κ3) is 6.12. The third-order valence-corrected chi connectivity index (χ3v) is 8.89. The number of nitrogens with two attached hydrogens (primary N) is 1. The number of rotatable bonds is 6. The lowest BCUT2D eigenvalue weighted by atomic mass is 9.91. The van der Waals surface area contributed by atoms with Gasteiger partial charge in [-0.25, -0.2) is 0 Å². The summed E-state index contributed by atoms with van der Waals surface area (Å²) in [6, 6.07) is 10.8. The van der Waals surface area contributed by atoms with E-state index in [4.69, 9.17) is 15.2 Å². The average Bonchev–Trinajstić information content (AvgIpc) is 3.70. The minimum absolute atomic E-state index is 0.0964. The van der Waals surface area contributed by atoms with Crippen molar-refractivity contribution in [2.75, 3.05) is 43.2 Å². The fraction of sp³-hybridized carbons (Fsp3) is 0.516. The van der Waals surface area contributed by atoms with E-state index in [1.165, 1.54) is 0 Å². The van der Waals surface area contributed by atoms with Crippen LogP contribution >= 0.6 is 0 Å². The maximum atomic E-state index is 13.4. The zero-order chi connectivity index (χ0) is 28.3. The molecule has 3 amide bonds. The summed E-state index contributed by atoms with van der Waals surface area (Å²) in [5, 5.41) is 6.19. The molecule has 0 radical (unpaired) electrons. The van der Waals surface area contributed by atoms with Crippen molar-refractivity contribution in [2.45, 2.75) is 63.5 Å². The molecule has 0 unspecified atom stereocenters. The van der Waals surface area contributed by atoms with E-state index in [0.29, 0.717) is 54.5 Å². The van der Waals surface area contributed by atoms with Gasteiger partial charge in [0.25, 0.3) is 11.8 Å². The number of hydrogen-bond donors (Lipinski definition) is 3. The van der Waals surface area contributed by atoms with Crippen molar-refractivity contribution in [2.24, 2.45) is 11.7 Å². The summed E-state index contributed by atoms with van der Waals surface area (Å²) in [5.41, 5.74) is 8.33. The Hall–Kier alpha value is -3.79. The van der Waals surface area contributed by atoms with Crippen molar-refractivity contribution in [1.82, 2.24) is 10.2 Å². The number of hydrogen-bond acceptors (Lipinski definition) is 7. The van der Waals surface area contributed by atoms with Gasteiger partial charge in [0, 0.05) is 55.3 Å². The minimum atomic E-state index is -0.307. The van der Waals surface area contributed by atoms with Gasteiger partial charge in [0.1, 0.15) is 0 Å². The first-order valence-corrected chi connectivity index (χ1v) is 14.9. The van der Waals surface area contributed by atoms with Crippen LogP contribution in [0.1, 0.15) is 72.1 Å². The number of fused-ring (bicyclic) bond motifs is 1. The first-order valence-electron chi connectivity index (χ1n) is 14.9. The highest BCUT2D eigenvalue weighted by atomic mass is 16.7. The van der Waals surface area contributed by atoms with Crippen LogP contribution in [-0.4, -0.2) is 67.7 Å². The predicted octanol–water partition coefficient (Wildman–Crippen LogP) is 3.51. The number of anilines is 2. The van der Waals surface area contributed by atoms with E-state index >= 15 is 0 Å². The molecule has 0 spiro atoms. The van der Waals surface area contributed by atoms with Crippen molar-refractivity contribution in [3.05, 3.63) is 47.5 Å². The van der Waals surface area contributed by atoms with Gasteiger partial charge in [0.15, 0.2) is 11.5 Å². The zero-order valence-corrected chi connectivity index (χ0v) is 23.4. The Bertz CT molecular complexity index is 1290. The molecule has 1 saturated heterocycles. The molecule has 0 bridgehead atoms. The van der Waals surface area contributed by atoms with Crippen LogP contribution in [0, 0.1) is 5.92 Å². The molecule has 6 rings (SSSR count). The summed E-state index contributed by atoms with van der Waals surface area (Å²) in [7, 11) is 0. The highest BCUT2D eigenvalue weighted by Gasteiger charge is 2.30. The van der Waals surface area contributed by atoms with Crippen LogP contribution in [0.4, 0.5) is 11.4 Å². The van der Waals surface area contributed by atoms with Gasteiger partial charge in [-0.05, 0) is 74.9 Å². The van der Waals surface area contributed by atoms with Crippen molar-refractivity contribution >= 4 is 29.1 Å². The first kappa shape index (κ1) is 27.4. The fourth-order valence-electron chi connectivity index (χ4n) is 6.42. The summed E-state index contributed by atoms with van der Waals surface area (Å²) in [6.07, 6.45) is 7.78. The lowest BCUT2D eigenvalue weighted by Crippen LogP contribution is -2.50. The van der Waals surface area contributed by atoms with Crippen molar-refractivity contribution in [1.29, 1.82) is 0 Å². The summed E-state index contributed by atoms with van der Waals surface area (Å²) in [5.74, 6) is 1.10. The largest absolute Gasteiger partial charge is 0.454 e. The molecule has 2 aromatic rings. The topological polar surface area (TPSA) is 126 Å². The van der Waals surface area contributed by atoms with Gasteiger partial charge in [-0.1, -0.05) is 12.8 Å². The standard InChI is InChI=1S/C31H39N5O5/c32-23-7-9-24(10-8-23)33-29(37)21-5-11-26(35-13-15-36(16-14-35)31(39)20-3-1-2-4-20)25(17-21)34-30(38)22-6-12-27-28(18-22)41-19-40-27/h5-6,11-12,17-18,20,23-24H,1-4,7-10,13-16,19,32H2,(H,33,37)(H,34,38). The average molecular weight is 562 g/mol. The van der Waals surface area contributed by atoms with Gasteiger partial charge >= 0.3 is 0 Å². The van der Waals surface area contributed by atoms with E-state index < -0.39 is 0 Å². The Morgan fingerprint density at radius 2 is 1.46 bits per heavy atom. The molecular weight excluding hydrogens is 522 g/mol. The molecule has 10 nitrogen and oxygen atoms in total. The summed E-state index contributed by atoms with van der Waals surface area (Å²) >= 11 is 0. The fourth-order valence-corrected chi connectivity index (χ4v) is 6.42. The number of benzene rings is 2. The minimum Gasteiger partial charge on any atom is -0.454 e. The van der Waals surface area contributed by atoms with E-state index in [0.717, 1.165) is 57.1 Å². The predicted molar refractivity (Wildman–Crippen MR) is 155 cm³/mol. The number of ether oxygens (including phenoxy) is 2. The van der Waals surface area contributed by atoms with Gasteiger partial charge in [0.05, 0.1) is 11.4 Å². The molecule has 2 saturated carbocycles. The lowest BCUT2D eigenvalue weighted by molar-refractivity contribution is -0.135. The molecular formula is C31H39N5O5. The van der Waals surface area contributed by atoms with Crippen LogP contribution in [0.2, 0.25) is 0 Å². The second kappa shape index (κ2) is 12.0. The smallest absolute Gasteiger partial charge is 0.255 e. The molecule has 2 aromatic carbocycles. The van der Waals surface area contributed by atoms with Crippen molar-refractivity contribution in [3.63, 3.8) is 0 Å². The molecule has 10 heteroatoms. The second-order valence-electron chi connectivity index (χ2n) is 11.6. The summed E-state index contributed by atoms with van der Waals surface area (Å²) in [6.45, 7) is 2.70. The lowest BCUT2D eigenvalue weighted by Gasteiger charge is -2.38. The number of nitrogens with one attached hydrogen (secondary N) is 2. The maximum Gasteiger partial charge on any atom is 0.255 e.